The highest BCUT2D eigenvalue weighted by molar-refractivity contribution is 7.89. The molecular formula is C17H22N2O4S. The van der Waals surface area contributed by atoms with Gasteiger partial charge in [0.05, 0.1) is 24.6 Å². The molecule has 1 heterocycles. The van der Waals surface area contributed by atoms with Crippen LogP contribution in [0.3, 0.4) is 0 Å². The molecule has 2 N–H and O–H groups in total. The molecule has 2 aromatic rings. The van der Waals surface area contributed by atoms with Gasteiger partial charge in [0.2, 0.25) is 15.9 Å². The predicted molar refractivity (Wildman–Crippen MR) is 91.7 cm³/mol. The third-order valence-corrected chi connectivity index (χ3v) is 5.03. The average molecular weight is 350 g/mol. The topological polar surface area (TPSA) is 88.4 Å². The van der Waals surface area contributed by atoms with Crippen LogP contribution in [-0.2, 0) is 27.8 Å². The summed E-state index contributed by atoms with van der Waals surface area (Å²) in [6, 6.07) is 12.3. The lowest BCUT2D eigenvalue weighted by atomic mass is 10.1. The number of hydrogen-bond acceptors (Lipinski definition) is 4. The molecule has 0 saturated carbocycles. The number of hydrogen-bond donors (Lipinski definition) is 2. The van der Waals surface area contributed by atoms with Crippen LogP contribution in [0.25, 0.3) is 0 Å². The Hall–Kier alpha value is -2.12. The zero-order valence-electron chi connectivity index (χ0n) is 13.6. The largest absolute Gasteiger partial charge is 0.467 e. The summed E-state index contributed by atoms with van der Waals surface area (Å²) in [5, 5.41) is 2.63. The molecule has 130 valence electrons. The van der Waals surface area contributed by atoms with Crippen LogP contribution in [0.5, 0.6) is 0 Å². The van der Waals surface area contributed by atoms with E-state index in [1.807, 2.05) is 30.3 Å². The lowest BCUT2D eigenvalue weighted by Gasteiger charge is -2.14. The average Bonchev–Trinajstić information content (AvgIpc) is 3.06. The lowest BCUT2D eigenvalue weighted by Crippen LogP contribution is -2.45. The zero-order chi connectivity index (χ0) is 17.4. The summed E-state index contributed by atoms with van der Waals surface area (Å²) in [6.45, 7) is 1.75. The van der Waals surface area contributed by atoms with Gasteiger partial charge in [-0.2, -0.15) is 0 Å². The molecule has 0 aliphatic heterocycles. The van der Waals surface area contributed by atoms with E-state index in [0.29, 0.717) is 18.6 Å². The molecule has 0 unspecified atom stereocenters. The second kappa shape index (κ2) is 8.65. The predicted octanol–water partition coefficient (Wildman–Crippen LogP) is 1.84. The summed E-state index contributed by atoms with van der Waals surface area (Å²) >= 11 is 0. The minimum absolute atomic E-state index is 0.0162. The quantitative estimate of drug-likeness (QED) is 0.722. The number of rotatable bonds is 9. The molecule has 2 rings (SSSR count). The monoisotopic (exact) mass is 350 g/mol. The molecule has 0 fully saturated rings. The third-order valence-electron chi connectivity index (χ3n) is 3.49. The summed E-state index contributed by atoms with van der Waals surface area (Å²) in [7, 11) is -3.50. The summed E-state index contributed by atoms with van der Waals surface area (Å²) < 4.78 is 31.6. The molecule has 0 aliphatic carbocycles. The van der Waals surface area contributed by atoms with Gasteiger partial charge >= 0.3 is 0 Å². The SMILES string of the molecule is C[C@H](NS(=O)(=O)CCCc1ccccc1)C(=O)NCc1ccco1. The van der Waals surface area contributed by atoms with Crippen molar-refractivity contribution in [3.05, 3.63) is 60.1 Å². The molecular weight excluding hydrogens is 328 g/mol. The molecule has 0 spiro atoms. The van der Waals surface area contributed by atoms with E-state index in [2.05, 4.69) is 10.0 Å². The van der Waals surface area contributed by atoms with E-state index in [1.165, 1.54) is 13.2 Å². The second-order valence-electron chi connectivity index (χ2n) is 5.54. The number of carbonyl (C=O) groups is 1. The van der Waals surface area contributed by atoms with E-state index < -0.39 is 22.0 Å². The van der Waals surface area contributed by atoms with E-state index in [9.17, 15) is 13.2 Å². The molecule has 0 bridgehead atoms. The van der Waals surface area contributed by atoms with Gasteiger partial charge in [-0.3, -0.25) is 4.79 Å². The van der Waals surface area contributed by atoms with Crippen LogP contribution in [0.15, 0.2) is 53.1 Å². The summed E-state index contributed by atoms with van der Waals surface area (Å²) in [6.07, 6.45) is 2.70. The van der Waals surface area contributed by atoms with Crippen LogP contribution < -0.4 is 10.0 Å². The van der Waals surface area contributed by atoms with Crippen molar-refractivity contribution >= 4 is 15.9 Å². The van der Waals surface area contributed by atoms with Crippen molar-refractivity contribution in [1.29, 1.82) is 0 Å². The van der Waals surface area contributed by atoms with E-state index >= 15 is 0 Å². The van der Waals surface area contributed by atoms with Crippen LogP contribution in [0.4, 0.5) is 0 Å². The normalized spacial score (nSPS) is 12.7. The minimum Gasteiger partial charge on any atom is -0.467 e. The van der Waals surface area contributed by atoms with Crippen molar-refractivity contribution < 1.29 is 17.6 Å². The Morgan fingerprint density at radius 2 is 1.92 bits per heavy atom. The summed E-state index contributed by atoms with van der Waals surface area (Å²) in [4.78, 5) is 11.9. The van der Waals surface area contributed by atoms with Gasteiger partial charge < -0.3 is 9.73 Å². The molecule has 1 aromatic heterocycles. The zero-order valence-corrected chi connectivity index (χ0v) is 14.4. The molecule has 0 saturated heterocycles. The third kappa shape index (κ3) is 6.17. The van der Waals surface area contributed by atoms with Gasteiger partial charge in [-0.25, -0.2) is 13.1 Å². The Kier molecular flexibility index (Phi) is 6.57. The standard InChI is InChI=1S/C17H22N2O4S/c1-14(17(20)18-13-16-10-5-11-23-16)19-24(21,22)12-6-9-15-7-3-2-4-8-15/h2-5,7-8,10-11,14,19H,6,9,12-13H2,1H3,(H,18,20)/t14-/m0/s1. The van der Waals surface area contributed by atoms with Crippen molar-refractivity contribution in [3.8, 4) is 0 Å². The van der Waals surface area contributed by atoms with Gasteiger partial charge in [0.1, 0.15) is 5.76 Å². The van der Waals surface area contributed by atoms with Crippen molar-refractivity contribution in [3.63, 3.8) is 0 Å². The number of carbonyl (C=O) groups excluding carboxylic acids is 1. The Morgan fingerprint density at radius 1 is 1.17 bits per heavy atom. The molecule has 6 nitrogen and oxygen atoms in total. The number of furan rings is 1. The fourth-order valence-corrected chi connectivity index (χ4v) is 3.52. The maximum atomic E-state index is 12.1. The van der Waals surface area contributed by atoms with Crippen molar-refractivity contribution in [2.24, 2.45) is 0 Å². The first-order valence-corrected chi connectivity index (χ1v) is 9.45. The molecule has 0 aliphatic rings. The van der Waals surface area contributed by atoms with E-state index in [4.69, 9.17) is 4.42 Å². The van der Waals surface area contributed by atoms with Crippen LogP contribution in [0.2, 0.25) is 0 Å². The highest BCUT2D eigenvalue weighted by Gasteiger charge is 2.20. The van der Waals surface area contributed by atoms with Gasteiger partial charge in [0.15, 0.2) is 0 Å². The Labute approximate surface area is 142 Å². The number of nitrogens with one attached hydrogen (secondary N) is 2. The fourth-order valence-electron chi connectivity index (χ4n) is 2.23. The van der Waals surface area contributed by atoms with E-state index in [1.54, 1.807) is 12.1 Å². The van der Waals surface area contributed by atoms with Crippen molar-refractivity contribution in [2.75, 3.05) is 5.75 Å². The smallest absolute Gasteiger partial charge is 0.238 e. The first-order chi connectivity index (χ1) is 11.5. The van der Waals surface area contributed by atoms with Crippen LogP contribution in [0, 0.1) is 0 Å². The molecule has 1 amide bonds. The van der Waals surface area contributed by atoms with Crippen molar-refractivity contribution in [2.45, 2.75) is 32.4 Å². The highest BCUT2D eigenvalue weighted by atomic mass is 32.2. The Balaban J connectivity index is 1.74. The number of amides is 1. The lowest BCUT2D eigenvalue weighted by molar-refractivity contribution is -0.122. The van der Waals surface area contributed by atoms with Gasteiger partial charge in [-0.05, 0) is 37.5 Å². The Morgan fingerprint density at radius 3 is 2.58 bits per heavy atom. The van der Waals surface area contributed by atoms with E-state index in [0.717, 1.165) is 5.56 Å². The van der Waals surface area contributed by atoms with Crippen LogP contribution in [-0.4, -0.2) is 26.1 Å². The first-order valence-electron chi connectivity index (χ1n) is 7.80. The van der Waals surface area contributed by atoms with Crippen LogP contribution in [0.1, 0.15) is 24.7 Å². The van der Waals surface area contributed by atoms with Gasteiger partial charge in [-0.1, -0.05) is 30.3 Å². The van der Waals surface area contributed by atoms with E-state index in [-0.39, 0.29) is 12.3 Å². The van der Waals surface area contributed by atoms with Gasteiger partial charge in [-0.15, -0.1) is 0 Å². The fraction of sp³-hybridized carbons (Fsp3) is 0.353. The van der Waals surface area contributed by atoms with Gasteiger partial charge in [0.25, 0.3) is 0 Å². The maximum Gasteiger partial charge on any atom is 0.238 e. The van der Waals surface area contributed by atoms with Crippen molar-refractivity contribution in [1.82, 2.24) is 10.0 Å². The summed E-state index contributed by atoms with van der Waals surface area (Å²) in [5.74, 6) is 0.205. The molecule has 24 heavy (non-hydrogen) atoms. The molecule has 1 aromatic carbocycles. The van der Waals surface area contributed by atoms with Crippen LogP contribution >= 0.6 is 0 Å². The summed E-state index contributed by atoms with van der Waals surface area (Å²) in [5.41, 5.74) is 1.09. The molecule has 1 atom stereocenters. The Bertz CT molecular complexity index is 727. The molecule has 0 radical (unpaired) electrons. The second-order valence-corrected chi connectivity index (χ2v) is 7.42. The number of benzene rings is 1. The first kappa shape index (κ1) is 18.2. The molecule has 7 heteroatoms. The van der Waals surface area contributed by atoms with Gasteiger partial charge in [0, 0.05) is 0 Å². The maximum absolute atomic E-state index is 12.1. The number of aryl methyl sites for hydroxylation is 1. The highest BCUT2D eigenvalue weighted by Crippen LogP contribution is 2.04. The number of sulfonamides is 1. The minimum atomic E-state index is -3.50.